The molecule has 11 rings (SSSR count). The van der Waals surface area contributed by atoms with Gasteiger partial charge in [-0.05, 0) is 43.9 Å². The molecule has 6 aliphatic rings. The van der Waals surface area contributed by atoms with Crippen LogP contribution in [0.15, 0.2) is 146 Å². The number of hydrogen-bond donors (Lipinski definition) is 6. The van der Waals surface area contributed by atoms with Crippen molar-refractivity contribution in [3.05, 3.63) is 184 Å². The lowest BCUT2D eigenvalue weighted by molar-refractivity contribution is -0.894. The van der Waals surface area contributed by atoms with Crippen molar-refractivity contribution in [2.45, 2.75) is 217 Å². The van der Waals surface area contributed by atoms with Gasteiger partial charge in [-0.1, -0.05) is 133 Å². The Bertz CT molecular complexity index is 3920. The molecule has 616 valence electrons. The third kappa shape index (κ3) is 24.5. The number of nitro benzene ring substituents is 1. The number of esters is 2. The van der Waals surface area contributed by atoms with Gasteiger partial charge in [-0.3, -0.25) is 48.0 Å². The van der Waals surface area contributed by atoms with Gasteiger partial charge in [-0.25, -0.2) is 0 Å². The number of non-ortho nitro benzene ring substituents is 1. The predicted molar refractivity (Wildman–Crippen MR) is 393 cm³/mol. The topological polar surface area (TPSA) is 415 Å². The number of aliphatic hydroxyl groups excluding tert-OH is 1. The van der Waals surface area contributed by atoms with E-state index < -0.39 is 190 Å². The van der Waals surface area contributed by atoms with Crippen molar-refractivity contribution in [3.8, 4) is 0 Å². The van der Waals surface area contributed by atoms with Crippen molar-refractivity contribution in [3.63, 3.8) is 0 Å². The molecule has 34 nitrogen and oxygen atoms in total. The maximum atomic E-state index is 15.5. The second kappa shape index (κ2) is 41.9. The molecule has 6 aliphatic heterocycles. The van der Waals surface area contributed by atoms with Gasteiger partial charge >= 0.3 is 11.9 Å². The van der Waals surface area contributed by atoms with Gasteiger partial charge in [0, 0.05) is 64.8 Å². The molecular formula is C78H101N6O28P. The van der Waals surface area contributed by atoms with E-state index in [1.807, 2.05) is 6.07 Å². The first kappa shape index (κ1) is 87.2. The number of fused-ring (bicyclic) bond motifs is 2. The molecule has 0 radical (unpaired) electrons. The second-order valence-electron chi connectivity index (χ2n) is 27.7. The Hall–Kier alpha value is -8.17. The zero-order valence-electron chi connectivity index (χ0n) is 64.2. The van der Waals surface area contributed by atoms with Crippen LogP contribution in [-0.2, 0) is 133 Å². The van der Waals surface area contributed by atoms with Gasteiger partial charge in [-0.15, -0.1) is 0 Å². The number of carbonyl (C=O) groups excluding carboxylic acids is 6. The lowest BCUT2D eigenvalue weighted by atomic mass is 9.93. The van der Waals surface area contributed by atoms with Gasteiger partial charge in [0.1, 0.15) is 85.2 Å². The number of nitro groups is 1. The van der Waals surface area contributed by atoms with Crippen LogP contribution < -0.4 is 31.1 Å². The summed E-state index contributed by atoms with van der Waals surface area (Å²) >= 11 is 0. The van der Waals surface area contributed by atoms with E-state index in [0.717, 1.165) is 33.3 Å². The summed E-state index contributed by atoms with van der Waals surface area (Å²) in [5.74, 6) is -4.78. The standard InChI is InChI=1S/C72H86N5O28P.C6H15N/c1-39(78)73-55-59(84)60-53(37-92-67(100-60)48-23-15-9-16-24-48)97-70(55)102-62-52(36-90-34-47-21-13-8-14-22-47)99-72(57(75-41(3)80)65(62)95-44(6)83)105-106(87,88)104-66-58(76-42(4)81)71(98-54-38-93-68(101-63(54)66)49-25-17-10-18-26-49)103-61-51(35-89-33-46-19-11-7-12-20-46)96-69(56(74-40(2)79)64(61)94-43(5)82)91-32-31-45-27-29-50(30-28-45)77(85)86;1-4-7(5-2)6-3/h7-30,51-72,84H,31-38H2,1-6H3,(H,73,78)(H,74,79)(H,75,80)(H,76,81)(H,87,88);4-6H2,1-3H3/t51-,52-,53-,54-,55-,56-,57-,58-,59-,60+,61+,62+,63+,64-,65-,66-,67+,68+,69+,70+,71+,72-;/m1./s1. The number of quaternary nitrogens is 1. The zero-order chi connectivity index (χ0) is 80.9. The number of nitrogens with zero attached hydrogens (tertiary/aromatic N) is 1. The number of amides is 4. The fourth-order valence-corrected chi connectivity index (χ4v) is 15.1. The highest BCUT2D eigenvalue weighted by molar-refractivity contribution is 7.45. The van der Waals surface area contributed by atoms with E-state index in [4.69, 9.17) is 80.1 Å². The minimum atomic E-state index is -6.14. The molecule has 0 saturated carbocycles. The molecule has 0 bridgehead atoms. The first-order chi connectivity index (χ1) is 54.3. The lowest BCUT2D eigenvalue weighted by Crippen LogP contribution is -3.11. The SMILES string of the molecule is CC(=O)N[C@H]1[C@H](O[C@@H]2[C@H](OC(C)=O)[C@@H](NC(C)=O)[C@@H](OP(=O)([O-])O[C@@H]3[C@@H](NC(C)=O)[C@H](O[C@@H]4[C@H](OC(C)=O)[C@@H](NC(C)=O)[C@@H](OCCc5ccc([N+](=O)[O-])cc5)O[C@@H]4COCc4ccccc4)O[C@@H]4CO[C@H](c5ccccc5)O[C@H]34)O[C@@H]2COCc2ccccc2)O[C@@H]2CO[C@H](c3ccccc3)O[C@@H]2[C@@H]1O.CC[NH+](CC)CC. The van der Waals surface area contributed by atoms with E-state index in [1.165, 1.54) is 45.6 Å². The fraction of sp³-hybridized carbons (Fsp3) is 0.538. The Labute approximate surface area is 654 Å². The molecule has 6 heterocycles. The van der Waals surface area contributed by atoms with Crippen LogP contribution in [0.5, 0.6) is 0 Å². The van der Waals surface area contributed by atoms with Crippen LogP contribution in [0.25, 0.3) is 0 Å². The van der Waals surface area contributed by atoms with Gasteiger partial charge in [0.05, 0.1) is 70.8 Å². The summed E-state index contributed by atoms with van der Waals surface area (Å²) in [5, 5.41) is 34.4. The summed E-state index contributed by atoms with van der Waals surface area (Å²) < 4.78 is 124. The van der Waals surface area contributed by atoms with Gasteiger partial charge in [0.25, 0.3) is 13.5 Å². The number of hydrogen-bond acceptors (Lipinski definition) is 28. The minimum absolute atomic E-state index is 0.00169. The highest BCUT2D eigenvalue weighted by Crippen LogP contribution is 2.49. The number of aliphatic hydroxyl groups is 1. The molecule has 35 heteroatoms. The molecule has 6 N–H and O–H groups in total. The third-order valence-corrected chi connectivity index (χ3v) is 20.4. The van der Waals surface area contributed by atoms with Crippen LogP contribution in [0.3, 0.4) is 0 Å². The average molecular weight is 1600 g/mol. The highest BCUT2D eigenvalue weighted by Gasteiger charge is 2.60. The van der Waals surface area contributed by atoms with Crippen LogP contribution in [0.2, 0.25) is 0 Å². The molecule has 0 aromatic heterocycles. The summed E-state index contributed by atoms with van der Waals surface area (Å²) in [5.41, 5.74) is 3.00. The van der Waals surface area contributed by atoms with E-state index in [-0.39, 0.29) is 51.7 Å². The zero-order valence-corrected chi connectivity index (χ0v) is 65.1. The Morgan fingerprint density at radius 1 is 0.496 bits per heavy atom. The van der Waals surface area contributed by atoms with Crippen molar-refractivity contribution >= 4 is 49.1 Å². The van der Waals surface area contributed by atoms with Crippen LogP contribution in [-0.4, -0.2) is 221 Å². The maximum absolute atomic E-state index is 15.5. The van der Waals surface area contributed by atoms with Crippen molar-refractivity contribution in [1.82, 2.24) is 21.3 Å². The van der Waals surface area contributed by atoms with E-state index in [1.54, 1.807) is 132 Å². The average Bonchev–Trinajstić information content (AvgIpc) is 0.760. The number of nitrogens with one attached hydrogen (secondary N) is 5. The van der Waals surface area contributed by atoms with Crippen LogP contribution in [0.4, 0.5) is 5.69 Å². The Morgan fingerprint density at radius 2 is 0.903 bits per heavy atom. The van der Waals surface area contributed by atoms with Crippen molar-refractivity contribution in [2.75, 3.05) is 52.7 Å². The monoisotopic (exact) mass is 1600 g/mol. The Balaban J connectivity index is 0.00000184. The number of rotatable bonds is 32. The van der Waals surface area contributed by atoms with Gasteiger partial charge in [0.2, 0.25) is 23.6 Å². The predicted octanol–water partition coefficient (Wildman–Crippen LogP) is 3.53. The molecule has 6 fully saturated rings. The molecule has 0 aliphatic carbocycles. The Kier molecular flexibility index (Phi) is 32.4. The first-order valence-corrected chi connectivity index (χ1v) is 39.0. The summed E-state index contributed by atoms with van der Waals surface area (Å²) in [6, 6.07) is 34.5. The lowest BCUT2D eigenvalue weighted by Gasteiger charge is -2.53. The van der Waals surface area contributed by atoms with Crippen LogP contribution in [0, 0.1) is 10.1 Å². The molecule has 113 heavy (non-hydrogen) atoms. The molecule has 6 saturated heterocycles. The summed E-state index contributed by atoms with van der Waals surface area (Å²) in [4.78, 5) is 109. The van der Waals surface area contributed by atoms with E-state index in [9.17, 15) is 44.0 Å². The molecule has 1 unspecified atom stereocenters. The van der Waals surface area contributed by atoms with Gasteiger partial charge < -0.3 is 112 Å². The molecule has 5 aromatic carbocycles. The second-order valence-corrected chi connectivity index (χ2v) is 29.1. The Morgan fingerprint density at radius 3 is 1.34 bits per heavy atom. The van der Waals surface area contributed by atoms with E-state index in [0.29, 0.717) is 22.3 Å². The third-order valence-electron chi connectivity index (χ3n) is 19.4. The number of phosphoric acid groups is 1. The molecular weight excluding hydrogens is 1500 g/mol. The summed E-state index contributed by atoms with van der Waals surface area (Å²) in [6.07, 6.45) is -27.5. The fourth-order valence-electron chi connectivity index (χ4n) is 14.1. The smallest absolute Gasteiger partial charge is 0.303 e. The normalized spacial score (nSPS) is 30.6. The summed E-state index contributed by atoms with van der Waals surface area (Å²) in [6.45, 7) is 15.6. The molecule has 5 aromatic rings. The van der Waals surface area contributed by atoms with E-state index >= 15 is 9.46 Å². The largest absolute Gasteiger partial charge is 0.756 e. The number of benzene rings is 5. The van der Waals surface area contributed by atoms with Crippen LogP contribution in [0.1, 0.15) is 103 Å². The highest BCUT2D eigenvalue weighted by atomic mass is 31.2. The van der Waals surface area contributed by atoms with Gasteiger partial charge in [-0.2, -0.15) is 0 Å². The quantitative estimate of drug-likeness (QED) is 0.0155. The van der Waals surface area contributed by atoms with Crippen molar-refractivity contribution in [2.24, 2.45) is 0 Å². The molecule has 0 spiro atoms. The molecule has 23 atom stereocenters. The van der Waals surface area contributed by atoms with Crippen LogP contribution >= 0.6 is 7.82 Å². The minimum Gasteiger partial charge on any atom is -0.756 e. The van der Waals surface area contributed by atoms with Gasteiger partial charge in [0.15, 0.2) is 49.9 Å². The van der Waals surface area contributed by atoms with Crippen molar-refractivity contribution in [1.29, 1.82) is 0 Å². The maximum Gasteiger partial charge on any atom is 0.303 e. The number of ether oxygens (including phenoxy) is 15. The number of carbonyl (C=O) groups is 6. The van der Waals surface area contributed by atoms with Crippen molar-refractivity contribution < 1.29 is 133 Å². The first-order valence-electron chi connectivity index (χ1n) is 37.6. The van der Waals surface area contributed by atoms with E-state index in [2.05, 4.69) is 42.0 Å². The summed E-state index contributed by atoms with van der Waals surface area (Å²) in [7, 11) is -6.14. The molecule has 4 amide bonds. The number of phosphoric ester groups is 1.